The summed E-state index contributed by atoms with van der Waals surface area (Å²) in [7, 11) is 0. The van der Waals surface area contributed by atoms with E-state index in [2.05, 4.69) is 10.3 Å². The fraction of sp³-hybridized carbons (Fsp3) is 0.143. The SMILES string of the molecule is Nc1ccc(-c2cccc(CCC(=O)Nc3ccc(Cl)c(C(F)(F)F)c3)c2)cn1. The van der Waals surface area contributed by atoms with Gasteiger partial charge >= 0.3 is 6.18 Å². The zero-order valence-electron chi connectivity index (χ0n) is 15.1. The summed E-state index contributed by atoms with van der Waals surface area (Å²) in [5.74, 6) is 0.0393. The van der Waals surface area contributed by atoms with Crippen LogP contribution in [-0.2, 0) is 17.4 Å². The predicted octanol–water partition coefficient (Wildman–Crippen LogP) is 5.57. The Hall–Kier alpha value is -3.06. The highest BCUT2D eigenvalue weighted by Gasteiger charge is 2.33. The van der Waals surface area contributed by atoms with E-state index in [1.165, 1.54) is 6.07 Å². The summed E-state index contributed by atoms with van der Waals surface area (Å²) in [5, 5.41) is 2.07. The molecule has 0 unspecified atom stereocenters. The second kappa shape index (κ2) is 8.53. The average molecular weight is 420 g/mol. The van der Waals surface area contributed by atoms with E-state index < -0.39 is 16.8 Å². The Bertz CT molecular complexity index is 1020. The first-order chi connectivity index (χ1) is 13.7. The average Bonchev–Trinajstić information content (AvgIpc) is 2.68. The molecule has 2 aromatic carbocycles. The van der Waals surface area contributed by atoms with Gasteiger partial charge in [-0.1, -0.05) is 35.9 Å². The third kappa shape index (κ3) is 5.48. The lowest BCUT2D eigenvalue weighted by molar-refractivity contribution is -0.137. The predicted molar refractivity (Wildman–Crippen MR) is 107 cm³/mol. The van der Waals surface area contributed by atoms with Crippen molar-refractivity contribution in [2.45, 2.75) is 19.0 Å². The van der Waals surface area contributed by atoms with Crippen molar-refractivity contribution in [1.29, 1.82) is 0 Å². The normalized spacial score (nSPS) is 11.3. The quantitative estimate of drug-likeness (QED) is 0.567. The molecule has 8 heteroatoms. The fourth-order valence-electron chi connectivity index (χ4n) is 2.78. The third-order valence-corrected chi connectivity index (χ3v) is 4.57. The molecule has 3 rings (SSSR count). The van der Waals surface area contributed by atoms with E-state index in [1.54, 1.807) is 12.3 Å². The van der Waals surface area contributed by atoms with E-state index in [0.29, 0.717) is 12.2 Å². The van der Waals surface area contributed by atoms with Crippen molar-refractivity contribution >= 4 is 29.0 Å². The number of nitrogens with zero attached hydrogens (tertiary/aromatic N) is 1. The highest BCUT2D eigenvalue weighted by atomic mass is 35.5. The summed E-state index contributed by atoms with van der Waals surface area (Å²) in [4.78, 5) is 16.2. The van der Waals surface area contributed by atoms with E-state index in [0.717, 1.165) is 28.8 Å². The van der Waals surface area contributed by atoms with Gasteiger partial charge in [0.2, 0.25) is 5.91 Å². The minimum Gasteiger partial charge on any atom is -0.384 e. The van der Waals surface area contributed by atoms with Crippen LogP contribution in [0.3, 0.4) is 0 Å². The Morgan fingerprint density at radius 2 is 1.86 bits per heavy atom. The second-order valence-electron chi connectivity index (χ2n) is 6.41. The molecule has 0 aliphatic heterocycles. The first-order valence-electron chi connectivity index (χ1n) is 8.70. The highest BCUT2D eigenvalue weighted by Crippen LogP contribution is 2.36. The molecule has 0 saturated heterocycles. The summed E-state index contributed by atoms with van der Waals surface area (Å²) in [6, 6.07) is 14.4. The summed E-state index contributed by atoms with van der Waals surface area (Å²) < 4.78 is 38.8. The number of anilines is 2. The van der Waals surface area contributed by atoms with Gasteiger partial charge in [-0.05, 0) is 47.9 Å². The van der Waals surface area contributed by atoms with Crippen LogP contribution in [0.5, 0.6) is 0 Å². The molecule has 1 amide bonds. The number of amides is 1. The number of pyridine rings is 1. The standard InChI is InChI=1S/C21H17ClF3N3O/c22-18-7-6-16(11-17(18)21(23,24)25)28-20(29)9-4-13-2-1-3-14(10-13)15-5-8-19(26)27-12-15/h1-3,5-8,10-12H,4,9H2,(H2,26,27)(H,28,29). The van der Waals surface area contributed by atoms with Crippen LogP contribution in [0.15, 0.2) is 60.8 Å². The molecular formula is C21H17ClF3N3O. The number of rotatable bonds is 5. The molecule has 3 N–H and O–H groups in total. The van der Waals surface area contributed by atoms with Crippen molar-refractivity contribution in [2.75, 3.05) is 11.1 Å². The van der Waals surface area contributed by atoms with Gasteiger partial charge in [-0.2, -0.15) is 13.2 Å². The Kier molecular flexibility index (Phi) is 6.08. The van der Waals surface area contributed by atoms with Crippen LogP contribution >= 0.6 is 11.6 Å². The molecule has 0 spiro atoms. The number of hydrogen-bond donors (Lipinski definition) is 2. The molecule has 0 atom stereocenters. The number of nitrogens with two attached hydrogens (primary N) is 1. The smallest absolute Gasteiger partial charge is 0.384 e. The largest absolute Gasteiger partial charge is 0.417 e. The highest BCUT2D eigenvalue weighted by molar-refractivity contribution is 6.31. The third-order valence-electron chi connectivity index (χ3n) is 4.24. The maximum atomic E-state index is 12.9. The van der Waals surface area contributed by atoms with Crippen LogP contribution in [0.25, 0.3) is 11.1 Å². The van der Waals surface area contributed by atoms with Gasteiger partial charge in [0, 0.05) is 23.9 Å². The maximum absolute atomic E-state index is 12.9. The van der Waals surface area contributed by atoms with E-state index >= 15 is 0 Å². The van der Waals surface area contributed by atoms with Crippen molar-refractivity contribution in [1.82, 2.24) is 4.98 Å². The van der Waals surface area contributed by atoms with Crippen LogP contribution in [0.1, 0.15) is 17.5 Å². The number of hydrogen-bond acceptors (Lipinski definition) is 3. The molecule has 0 radical (unpaired) electrons. The van der Waals surface area contributed by atoms with E-state index in [-0.39, 0.29) is 18.0 Å². The summed E-state index contributed by atoms with van der Waals surface area (Å²) in [6.45, 7) is 0. The molecule has 3 aromatic rings. The molecule has 1 heterocycles. The first kappa shape index (κ1) is 20.7. The Labute approximate surface area is 170 Å². The molecule has 0 bridgehead atoms. The minimum atomic E-state index is -4.59. The Morgan fingerprint density at radius 1 is 1.07 bits per heavy atom. The first-order valence-corrected chi connectivity index (χ1v) is 9.07. The number of carbonyl (C=O) groups excluding carboxylic acids is 1. The van der Waals surface area contributed by atoms with E-state index in [4.69, 9.17) is 17.3 Å². The monoisotopic (exact) mass is 419 g/mol. The van der Waals surface area contributed by atoms with Crippen molar-refractivity contribution in [2.24, 2.45) is 0 Å². The van der Waals surface area contributed by atoms with Gasteiger partial charge in [-0.25, -0.2) is 4.98 Å². The molecular weight excluding hydrogens is 403 g/mol. The molecule has 1 aromatic heterocycles. The van der Waals surface area contributed by atoms with Gasteiger partial charge in [-0.15, -0.1) is 0 Å². The van der Waals surface area contributed by atoms with Crippen molar-refractivity contribution in [3.8, 4) is 11.1 Å². The van der Waals surface area contributed by atoms with Gasteiger partial charge in [0.1, 0.15) is 5.82 Å². The van der Waals surface area contributed by atoms with Crippen molar-refractivity contribution in [3.63, 3.8) is 0 Å². The van der Waals surface area contributed by atoms with Gasteiger partial charge in [0.25, 0.3) is 0 Å². The number of aryl methyl sites for hydroxylation is 1. The number of benzene rings is 2. The fourth-order valence-corrected chi connectivity index (χ4v) is 3.01. The lowest BCUT2D eigenvalue weighted by atomic mass is 10.0. The maximum Gasteiger partial charge on any atom is 0.417 e. The molecule has 0 aliphatic rings. The van der Waals surface area contributed by atoms with E-state index in [9.17, 15) is 18.0 Å². The second-order valence-corrected chi connectivity index (χ2v) is 6.82. The molecule has 0 aliphatic carbocycles. The number of carbonyl (C=O) groups is 1. The summed E-state index contributed by atoms with van der Waals surface area (Å²) in [5.41, 5.74) is 7.41. The molecule has 29 heavy (non-hydrogen) atoms. The number of halogens is 4. The molecule has 0 saturated carbocycles. The van der Waals surface area contributed by atoms with Crippen LogP contribution < -0.4 is 11.1 Å². The lowest BCUT2D eigenvalue weighted by Gasteiger charge is -2.12. The van der Waals surface area contributed by atoms with Crippen molar-refractivity contribution < 1.29 is 18.0 Å². The van der Waals surface area contributed by atoms with Gasteiger partial charge in [0.05, 0.1) is 10.6 Å². The van der Waals surface area contributed by atoms with Crippen molar-refractivity contribution in [3.05, 3.63) is 76.9 Å². The Balaban J connectivity index is 1.64. The van der Waals surface area contributed by atoms with E-state index in [1.807, 2.05) is 30.3 Å². The number of nitrogen functional groups attached to an aromatic ring is 1. The van der Waals surface area contributed by atoms with Gasteiger partial charge in [0.15, 0.2) is 0 Å². The summed E-state index contributed by atoms with van der Waals surface area (Å²) in [6.07, 6.45) is -2.37. The van der Waals surface area contributed by atoms with Crippen LogP contribution in [0.4, 0.5) is 24.7 Å². The lowest BCUT2D eigenvalue weighted by Crippen LogP contribution is -2.14. The van der Waals surface area contributed by atoms with Gasteiger partial charge in [-0.3, -0.25) is 4.79 Å². The number of nitrogens with one attached hydrogen (secondary N) is 1. The molecule has 150 valence electrons. The summed E-state index contributed by atoms with van der Waals surface area (Å²) >= 11 is 5.59. The number of alkyl halides is 3. The van der Waals surface area contributed by atoms with Gasteiger partial charge < -0.3 is 11.1 Å². The molecule has 4 nitrogen and oxygen atoms in total. The van der Waals surface area contributed by atoms with Crippen LogP contribution in [0.2, 0.25) is 5.02 Å². The van der Waals surface area contributed by atoms with Crippen LogP contribution in [0, 0.1) is 0 Å². The zero-order chi connectivity index (χ0) is 21.0. The topological polar surface area (TPSA) is 68.0 Å². The van der Waals surface area contributed by atoms with Crippen LogP contribution in [-0.4, -0.2) is 10.9 Å². The zero-order valence-corrected chi connectivity index (χ0v) is 15.9. The minimum absolute atomic E-state index is 0.0495. The number of aromatic nitrogens is 1. The molecule has 0 fully saturated rings. The Morgan fingerprint density at radius 3 is 2.55 bits per heavy atom.